The predicted octanol–water partition coefficient (Wildman–Crippen LogP) is 2.43. The average Bonchev–Trinajstić information content (AvgIpc) is 2.72. The maximum atomic E-state index is 8.11. The van der Waals surface area contributed by atoms with Crippen LogP contribution in [0.1, 0.15) is 27.7 Å². The Bertz CT molecular complexity index is 460. The second-order valence-corrected chi connectivity index (χ2v) is 5.70. The van der Waals surface area contributed by atoms with Crippen molar-refractivity contribution >= 4 is 12.6 Å². The molecule has 0 amide bonds. The maximum Gasteiger partial charge on any atom is 0.348 e. The summed E-state index contributed by atoms with van der Waals surface area (Å²) in [5, 5.41) is 8.11. The third-order valence-electron chi connectivity index (χ3n) is 2.69. The van der Waals surface area contributed by atoms with Crippen LogP contribution >= 0.6 is 12.6 Å². The lowest BCUT2D eigenvalue weighted by molar-refractivity contribution is -0.0516. The van der Waals surface area contributed by atoms with Crippen molar-refractivity contribution in [1.29, 1.82) is 0 Å². The van der Waals surface area contributed by atoms with E-state index in [-0.39, 0.29) is 5.75 Å². The number of benzene rings is 1. The van der Waals surface area contributed by atoms with Crippen molar-refractivity contribution in [3.05, 3.63) is 0 Å². The zero-order valence-corrected chi connectivity index (χ0v) is 11.5. The fraction of sp³-hybridized carbons (Fsp3) is 0.500. The Morgan fingerprint density at radius 3 is 1.50 bits per heavy atom. The molecular weight excluding hydrogens is 256 g/mol. The van der Waals surface area contributed by atoms with Gasteiger partial charge in [0.25, 0.3) is 11.5 Å². The highest BCUT2D eigenvalue weighted by Crippen LogP contribution is 2.61. The van der Waals surface area contributed by atoms with Crippen molar-refractivity contribution in [2.45, 2.75) is 44.2 Å². The summed E-state index contributed by atoms with van der Waals surface area (Å²) in [6, 6.07) is 0. The smallest absolute Gasteiger partial charge is 0.348 e. The molecule has 6 heteroatoms. The topological polar surface area (TPSA) is 59.8 Å². The summed E-state index contributed by atoms with van der Waals surface area (Å²) >= 11 is 4.40. The van der Waals surface area contributed by atoms with Crippen molar-refractivity contribution < 1.29 is 24.1 Å². The third kappa shape index (κ3) is 1.48. The Kier molecular flexibility index (Phi) is 2.02. The summed E-state index contributed by atoms with van der Waals surface area (Å²) in [5.74, 6) is 0.103. The van der Waals surface area contributed by atoms with E-state index in [0.29, 0.717) is 27.9 Å². The van der Waals surface area contributed by atoms with Crippen LogP contribution in [0.3, 0.4) is 0 Å². The third-order valence-corrected chi connectivity index (χ3v) is 3.09. The first-order valence-corrected chi connectivity index (χ1v) is 6.05. The van der Waals surface area contributed by atoms with Gasteiger partial charge in [0.2, 0.25) is 11.6 Å². The van der Waals surface area contributed by atoms with Crippen LogP contribution in [0.2, 0.25) is 0 Å². The lowest BCUT2D eigenvalue weighted by atomic mass is 10.2. The van der Waals surface area contributed by atoms with Crippen LogP contribution in [0.5, 0.6) is 28.7 Å². The molecule has 2 aliphatic rings. The lowest BCUT2D eigenvalue weighted by Crippen LogP contribution is -2.30. The quantitative estimate of drug-likeness (QED) is 0.581. The van der Waals surface area contributed by atoms with E-state index >= 15 is 0 Å². The van der Waals surface area contributed by atoms with Gasteiger partial charge in [-0.1, -0.05) is 0 Å². The van der Waals surface area contributed by atoms with Crippen molar-refractivity contribution in [2.24, 2.45) is 0 Å². The van der Waals surface area contributed by atoms with E-state index in [1.54, 1.807) is 27.7 Å². The molecule has 2 aliphatic heterocycles. The molecule has 0 aromatic heterocycles. The van der Waals surface area contributed by atoms with Crippen LogP contribution in [0.25, 0.3) is 0 Å². The minimum Gasteiger partial charge on any atom is -0.588 e. The van der Waals surface area contributed by atoms with Crippen molar-refractivity contribution in [3.63, 3.8) is 0 Å². The van der Waals surface area contributed by atoms with E-state index in [2.05, 4.69) is 12.6 Å². The summed E-state index contributed by atoms with van der Waals surface area (Å²) in [4.78, 5) is 0.507. The molecule has 0 atom stereocenters. The number of hydrogen-bond acceptors (Lipinski definition) is 5. The Hall–Kier alpha value is -1.43. The van der Waals surface area contributed by atoms with E-state index in [9.17, 15) is 0 Å². The van der Waals surface area contributed by atoms with Gasteiger partial charge >= 0.3 is 5.75 Å². The zero-order chi connectivity index (χ0) is 13.3. The van der Waals surface area contributed by atoms with Gasteiger partial charge in [0, 0.05) is 27.7 Å². The van der Waals surface area contributed by atoms with Crippen LogP contribution in [0.15, 0.2) is 4.90 Å². The highest BCUT2D eigenvalue weighted by atomic mass is 32.1. The molecule has 0 bridgehead atoms. The van der Waals surface area contributed by atoms with E-state index in [0.717, 1.165) is 0 Å². The first kappa shape index (κ1) is 11.6. The molecule has 0 saturated carbocycles. The number of fused-ring (bicyclic) bond motifs is 2. The number of thiol groups is 1. The van der Waals surface area contributed by atoms with E-state index in [4.69, 9.17) is 24.1 Å². The molecular formula is C12H15O5S+. The Morgan fingerprint density at radius 2 is 1.11 bits per heavy atom. The van der Waals surface area contributed by atoms with E-state index in [1.165, 1.54) is 0 Å². The van der Waals surface area contributed by atoms with E-state index < -0.39 is 11.6 Å². The Labute approximate surface area is 110 Å². The van der Waals surface area contributed by atoms with Crippen LogP contribution in [-0.2, 0) is 0 Å². The van der Waals surface area contributed by atoms with Gasteiger partial charge in [0.15, 0.2) is 11.5 Å². The fourth-order valence-corrected chi connectivity index (χ4v) is 2.35. The van der Waals surface area contributed by atoms with Crippen LogP contribution in [0.4, 0.5) is 0 Å². The molecule has 98 valence electrons. The highest BCUT2D eigenvalue weighted by molar-refractivity contribution is 7.80. The minimum absolute atomic E-state index is 0.133. The molecule has 0 unspecified atom stereocenters. The number of hydrogen-bond donors (Lipinski definition) is 1. The molecule has 0 saturated heterocycles. The maximum absolute atomic E-state index is 8.11. The number of rotatable bonds is 0. The first-order valence-electron chi connectivity index (χ1n) is 5.61. The van der Waals surface area contributed by atoms with Gasteiger partial charge < -0.3 is 24.1 Å². The van der Waals surface area contributed by atoms with Gasteiger partial charge in [0.05, 0.1) is 4.90 Å². The standard InChI is InChI=1S/C12H14O5S/c1-11(2)14-6-5(13)7-9(10(18)8(6)16-11)17-12(3,4)15-7/h13,18H,1-4H3/p+1. The summed E-state index contributed by atoms with van der Waals surface area (Å²) in [7, 11) is 0. The predicted molar refractivity (Wildman–Crippen MR) is 67.4 cm³/mol. The molecule has 18 heavy (non-hydrogen) atoms. The normalized spacial score (nSPS) is 21.2. The second-order valence-electron chi connectivity index (χ2n) is 5.25. The molecule has 5 nitrogen and oxygen atoms in total. The first-order chi connectivity index (χ1) is 8.20. The fourth-order valence-electron chi connectivity index (χ4n) is 2.06. The SMILES string of the molecule is CC1(C)Oc2c([OH2+])c3c(c(S)c2O1)OC(C)(C)O3. The summed E-state index contributed by atoms with van der Waals surface area (Å²) < 4.78 is 22.5. The summed E-state index contributed by atoms with van der Waals surface area (Å²) in [5.41, 5.74) is 0. The van der Waals surface area contributed by atoms with Crippen LogP contribution < -0.4 is 18.9 Å². The number of ether oxygens (including phenoxy) is 4. The molecule has 2 N–H and O–H groups in total. The Balaban J connectivity index is 2.20. The van der Waals surface area contributed by atoms with Crippen molar-refractivity contribution in [1.82, 2.24) is 0 Å². The molecule has 0 radical (unpaired) electrons. The van der Waals surface area contributed by atoms with Crippen molar-refractivity contribution in [3.8, 4) is 28.7 Å². The summed E-state index contributed by atoms with van der Waals surface area (Å²) in [6.45, 7) is 7.10. The van der Waals surface area contributed by atoms with Gasteiger partial charge in [-0.25, -0.2) is 0 Å². The molecule has 0 aliphatic carbocycles. The minimum atomic E-state index is -0.805. The lowest BCUT2D eigenvalue weighted by Gasteiger charge is -2.17. The van der Waals surface area contributed by atoms with Gasteiger partial charge in [-0.05, 0) is 0 Å². The van der Waals surface area contributed by atoms with Crippen LogP contribution in [0, 0.1) is 0 Å². The monoisotopic (exact) mass is 271 g/mol. The molecule has 1 aromatic rings. The molecule has 2 heterocycles. The molecule has 0 fully saturated rings. The summed E-state index contributed by atoms with van der Waals surface area (Å²) in [6.07, 6.45) is 0. The Morgan fingerprint density at radius 1 is 0.778 bits per heavy atom. The second kappa shape index (κ2) is 3.12. The van der Waals surface area contributed by atoms with Gasteiger partial charge in [-0.2, -0.15) is 0 Å². The van der Waals surface area contributed by atoms with Crippen molar-refractivity contribution in [2.75, 3.05) is 0 Å². The molecule has 3 rings (SSSR count). The molecule has 0 spiro atoms. The van der Waals surface area contributed by atoms with Gasteiger partial charge in [-0.15, -0.1) is 12.6 Å². The largest absolute Gasteiger partial charge is 0.588 e. The highest BCUT2D eigenvalue weighted by Gasteiger charge is 2.46. The van der Waals surface area contributed by atoms with Crippen LogP contribution in [-0.4, -0.2) is 16.7 Å². The van der Waals surface area contributed by atoms with E-state index in [1.807, 2.05) is 0 Å². The zero-order valence-electron chi connectivity index (χ0n) is 10.6. The van der Waals surface area contributed by atoms with Gasteiger partial charge in [-0.3, -0.25) is 0 Å². The molecule has 1 aromatic carbocycles. The average molecular weight is 271 g/mol. The van der Waals surface area contributed by atoms with Gasteiger partial charge in [0.1, 0.15) is 0 Å².